The van der Waals surface area contributed by atoms with E-state index in [4.69, 9.17) is 5.73 Å². The molecule has 196 valence electrons. The third-order valence-electron chi connectivity index (χ3n) is 6.86. The minimum atomic E-state index is -0.680. The monoisotopic (exact) mass is 497 g/mol. The summed E-state index contributed by atoms with van der Waals surface area (Å²) in [5.41, 5.74) is 5.74. The van der Waals surface area contributed by atoms with Gasteiger partial charge in [-0.3, -0.25) is 28.4 Å². The van der Waals surface area contributed by atoms with Gasteiger partial charge in [0.15, 0.2) is 5.78 Å². The summed E-state index contributed by atoms with van der Waals surface area (Å²) in [5.74, 6) is -0.600. The van der Waals surface area contributed by atoms with E-state index in [1.165, 1.54) is 4.57 Å². The first kappa shape index (κ1) is 27.4. The Morgan fingerprint density at radius 1 is 1.03 bits per heavy atom. The van der Waals surface area contributed by atoms with Crippen LogP contribution in [0.3, 0.4) is 0 Å². The van der Waals surface area contributed by atoms with Gasteiger partial charge < -0.3 is 10.6 Å². The van der Waals surface area contributed by atoms with Crippen LogP contribution in [0.4, 0.5) is 5.82 Å². The molecule has 0 spiro atoms. The number of nitrogens with zero attached hydrogens (tertiary/aromatic N) is 4. The van der Waals surface area contributed by atoms with Crippen LogP contribution in [0.1, 0.15) is 69.8 Å². The molecule has 1 aliphatic rings. The molecule has 0 radical (unpaired) electrons. The van der Waals surface area contributed by atoms with Gasteiger partial charge >= 0.3 is 5.69 Å². The number of likely N-dealkylation sites (tertiary alicyclic amines) is 1. The topological polar surface area (TPSA) is 111 Å². The molecule has 0 aliphatic carbocycles. The molecule has 1 amide bonds. The van der Waals surface area contributed by atoms with Crippen LogP contribution in [0.5, 0.6) is 0 Å². The van der Waals surface area contributed by atoms with Gasteiger partial charge in [-0.1, -0.05) is 36.8 Å². The summed E-state index contributed by atoms with van der Waals surface area (Å²) in [4.78, 5) is 57.0. The summed E-state index contributed by atoms with van der Waals surface area (Å²) in [7, 11) is 0. The fraction of sp³-hybridized carbons (Fsp3) is 0.556. The van der Waals surface area contributed by atoms with Crippen LogP contribution >= 0.6 is 0 Å². The van der Waals surface area contributed by atoms with Crippen molar-refractivity contribution in [2.45, 2.75) is 85.1 Å². The summed E-state index contributed by atoms with van der Waals surface area (Å²) in [6.45, 7) is 10.4. The molecule has 1 fully saturated rings. The number of aromatic nitrogens is 2. The van der Waals surface area contributed by atoms with Gasteiger partial charge in [0.05, 0.1) is 19.1 Å². The quantitative estimate of drug-likeness (QED) is 0.533. The van der Waals surface area contributed by atoms with Crippen LogP contribution in [0, 0.1) is 0 Å². The number of carbonyl (C=O) groups excluding carboxylic acids is 2. The lowest BCUT2D eigenvalue weighted by Crippen LogP contribution is -2.55. The molecule has 2 heterocycles. The molecule has 9 heteroatoms. The lowest BCUT2D eigenvalue weighted by Gasteiger charge is -2.40. The summed E-state index contributed by atoms with van der Waals surface area (Å²) in [6, 6.07) is 8.91. The van der Waals surface area contributed by atoms with E-state index in [1.807, 2.05) is 67.8 Å². The maximum atomic E-state index is 13.6. The maximum absolute atomic E-state index is 13.6. The molecule has 1 aromatic heterocycles. The minimum absolute atomic E-state index is 0.000453. The van der Waals surface area contributed by atoms with Crippen molar-refractivity contribution >= 4 is 17.5 Å². The Balaban J connectivity index is 1.97. The first-order chi connectivity index (χ1) is 17.1. The van der Waals surface area contributed by atoms with E-state index in [0.29, 0.717) is 13.0 Å². The molecule has 1 unspecified atom stereocenters. The second kappa shape index (κ2) is 11.7. The number of nitrogen functional groups attached to an aromatic ring is 1. The predicted molar refractivity (Wildman–Crippen MR) is 141 cm³/mol. The molecule has 9 nitrogen and oxygen atoms in total. The molecule has 1 aromatic carbocycles. The van der Waals surface area contributed by atoms with Gasteiger partial charge in [-0.15, -0.1) is 0 Å². The fourth-order valence-corrected chi connectivity index (χ4v) is 5.18. The van der Waals surface area contributed by atoms with Gasteiger partial charge in [-0.25, -0.2) is 4.79 Å². The molecular formula is C27H39N5O4. The Morgan fingerprint density at radius 3 is 2.25 bits per heavy atom. The summed E-state index contributed by atoms with van der Waals surface area (Å²) < 4.78 is 2.33. The Morgan fingerprint density at radius 2 is 1.67 bits per heavy atom. The van der Waals surface area contributed by atoms with Crippen molar-refractivity contribution in [3.8, 4) is 0 Å². The number of piperidine rings is 1. The van der Waals surface area contributed by atoms with E-state index in [2.05, 4.69) is 0 Å². The largest absolute Gasteiger partial charge is 0.384 e. The van der Waals surface area contributed by atoms with Crippen LogP contribution in [-0.4, -0.2) is 61.8 Å². The van der Waals surface area contributed by atoms with Gasteiger partial charge in [0.2, 0.25) is 5.91 Å². The van der Waals surface area contributed by atoms with E-state index in [0.717, 1.165) is 23.0 Å². The highest BCUT2D eigenvalue weighted by Crippen LogP contribution is 2.22. The number of nitrogens with two attached hydrogens (primary N) is 1. The lowest BCUT2D eigenvalue weighted by molar-refractivity contribution is -0.141. The van der Waals surface area contributed by atoms with Crippen LogP contribution in [0.2, 0.25) is 0 Å². The van der Waals surface area contributed by atoms with Gasteiger partial charge in [0.25, 0.3) is 5.56 Å². The summed E-state index contributed by atoms with van der Waals surface area (Å²) >= 11 is 0. The predicted octanol–water partition coefficient (Wildman–Crippen LogP) is 2.34. The first-order valence-electron chi connectivity index (χ1n) is 12.8. The first-order valence-corrected chi connectivity index (χ1v) is 12.8. The molecular weight excluding hydrogens is 458 g/mol. The zero-order valence-electron chi connectivity index (χ0n) is 22.1. The Labute approximate surface area is 212 Å². The van der Waals surface area contributed by atoms with Crippen LogP contribution < -0.4 is 17.0 Å². The van der Waals surface area contributed by atoms with Crippen LogP contribution in [0.15, 0.2) is 39.9 Å². The Bertz CT molecular complexity index is 1190. The summed E-state index contributed by atoms with van der Waals surface area (Å²) in [6.07, 6.45) is 2.42. The fourth-order valence-electron chi connectivity index (χ4n) is 5.18. The average molecular weight is 498 g/mol. The average Bonchev–Trinajstić information content (AvgIpc) is 2.82. The maximum Gasteiger partial charge on any atom is 0.332 e. The number of anilines is 1. The third-order valence-corrected chi connectivity index (χ3v) is 6.86. The lowest BCUT2D eigenvalue weighted by atomic mass is 9.98. The normalized spacial score (nSPS) is 16.5. The van der Waals surface area contributed by atoms with E-state index < -0.39 is 23.1 Å². The Hall–Kier alpha value is -3.20. The molecule has 3 rings (SSSR count). The van der Waals surface area contributed by atoms with Crippen molar-refractivity contribution in [2.24, 2.45) is 0 Å². The van der Waals surface area contributed by atoms with Crippen molar-refractivity contribution in [3.05, 3.63) is 62.3 Å². The van der Waals surface area contributed by atoms with E-state index in [1.54, 1.807) is 6.92 Å². The van der Waals surface area contributed by atoms with Crippen LogP contribution in [-0.2, 0) is 17.9 Å². The number of benzene rings is 1. The van der Waals surface area contributed by atoms with E-state index in [9.17, 15) is 19.2 Å². The van der Waals surface area contributed by atoms with Crippen molar-refractivity contribution in [3.63, 3.8) is 0 Å². The molecule has 2 N–H and O–H groups in total. The molecule has 0 saturated carbocycles. The number of carbonyl (C=O) groups is 2. The molecule has 1 aliphatic heterocycles. The van der Waals surface area contributed by atoms with Gasteiger partial charge in [-0.05, 0) is 59.6 Å². The zero-order chi connectivity index (χ0) is 26.6. The highest BCUT2D eigenvalue weighted by Gasteiger charge is 2.36. The highest BCUT2D eigenvalue weighted by molar-refractivity contribution is 6.01. The van der Waals surface area contributed by atoms with Crippen molar-refractivity contribution in [1.29, 1.82) is 0 Å². The minimum Gasteiger partial charge on any atom is -0.384 e. The van der Waals surface area contributed by atoms with Gasteiger partial charge in [-0.2, -0.15) is 0 Å². The van der Waals surface area contributed by atoms with Crippen molar-refractivity contribution in [2.75, 3.05) is 18.8 Å². The van der Waals surface area contributed by atoms with Gasteiger partial charge in [0.1, 0.15) is 11.4 Å². The Kier molecular flexibility index (Phi) is 8.89. The number of ketones is 1. The van der Waals surface area contributed by atoms with Crippen LogP contribution in [0.25, 0.3) is 0 Å². The number of amides is 1. The zero-order valence-corrected chi connectivity index (χ0v) is 22.1. The number of hydrogen-bond acceptors (Lipinski definition) is 6. The summed E-state index contributed by atoms with van der Waals surface area (Å²) in [5, 5.41) is 0. The molecule has 0 bridgehead atoms. The van der Waals surface area contributed by atoms with E-state index >= 15 is 0 Å². The molecule has 2 aromatic rings. The van der Waals surface area contributed by atoms with Gasteiger partial charge in [0, 0.05) is 18.6 Å². The number of hydrogen-bond donors (Lipinski definition) is 1. The van der Waals surface area contributed by atoms with Crippen molar-refractivity contribution < 1.29 is 9.59 Å². The number of Topliss-reactive ketones (excluding diaryl/α,β-unsaturated/α-hetero) is 1. The highest BCUT2D eigenvalue weighted by atomic mass is 16.2. The number of rotatable bonds is 9. The third kappa shape index (κ3) is 5.61. The molecule has 36 heavy (non-hydrogen) atoms. The smallest absolute Gasteiger partial charge is 0.332 e. The SMILES string of the molecule is CCn1c(=O)c(C(=O)CN2CCCCC2C(=O)N(C(C)C)C(C)C)c(N)n(Cc2ccccc2)c1=O. The molecule has 1 saturated heterocycles. The van der Waals surface area contributed by atoms with E-state index in [-0.39, 0.29) is 49.0 Å². The second-order valence-corrected chi connectivity index (χ2v) is 10.0. The standard InChI is InChI=1S/C27H39N5O4/c1-6-30-26(35)23(24(28)31(27(30)36)16-20-12-8-7-9-13-20)22(33)17-29-15-11-10-14-21(29)25(34)32(18(2)3)19(4)5/h7-9,12-13,18-19,21H,6,10-11,14-17,28H2,1-5H3. The molecule has 1 atom stereocenters. The second-order valence-electron chi connectivity index (χ2n) is 10.0. The van der Waals surface area contributed by atoms with Crippen molar-refractivity contribution in [1.82, 2.24) is 18.9 Å².